The number of hydrogen-bond donors (Lipinski definition) is 6. The van der Waals surface area contributed by atoms with Crippen LogP contribution >= 0.6 is 0 Å². The molecule has 1 rings (SSSR count). The molecule has 0 radical (unpaired) electrons. The van der Waals surface area contributed by atoms with Crippen molar-refractivity contribution in [3.05, 3.63) is 12.2 Å². The molecule has 0 saturated carbocycles. The lowest BCUT2D eigenvalue weighted by atomic mass is 9.99. The van der Waals surface area contributed by atoms with Gasteiger partial charge in [0.1, 0.15) is 24.4 Å². The van der Waals surface area contributed by atoms with E-state index >= 15 is 0 Å². The van der Waals surface area contributed by atoms with Gasteiger partial charge in [0.25, 0.3) is 0 Å². The zero-order chi connectivity index (χ0) is 64.9. The van der Waals surface area contributed by atoms with E-state index in [4.69, 9.17) is 9.47 Å². The van der Waals surface area contributed by atoms with E-state index in [0.717, 1.165) is 38.5 Å². The van der Waals surface area contributed by atoms with Crippen molar-refractivity contribution in [1.29, 1.82) is 0 Å². The summed E-state index contributed by atoms with van der Waals surface area (Å²) in [6.45, 7) is 3.86. The largest absolute Gasteiger partial charge is 0.394 e. The lowest BCUT2D eigenvalue weighted by Crippen LogP contribution is -2.60. The minimum atomic E-state index is -1.57. The van der Waals surface area contributed by atoms with Crippen LogP contribution in [0.3, 0.4) is 0 Å². The summed E-state index contributed by atoms with van der Waals surface area (Å²) in [5, 5.41) is 54.9. The molecule has 6 N–H and O–H groups in total. The smallest absolute Gasteiger partial charge is 0.220 e. The standard InChI is InChI=1S/C81H159NO8/c1-3-5-7-9-11-13-15-17-19-21-23-25-27-29-31-33-35-37-38-39-41-43-45-47-49-51-53-55-57-59-61-63-65-67-69-71-77(85)82-74(73-89-81-80(88)79(87)78(86)76(72-83)90-81)75(84)70-68-66-64-62-60-58-56-54-52-50-48-46-44-42-40-36-34-32-30-28-26-24-22-20-18-16-14-12-10-8-6-4-2/h68,70,74-76,78-81,83-84,86-88H,3-67,69,71-73H2,1-2H3,(H,82,85)/b70-68+. The maximum atomic E-state index is 13.2. The fraction of sp³-hybridized carbons (Fsp3) is 0.963. The molecular weight excluding hydrogens is 1110 g/mol. The molecule has 1 heterocycles. The molecule has 0 aromatic rings. The van der Waals surface area contributed by atoms with Gasteiger partial charge in [0.15, 0.2) is 6.29 Å². The topological polar surface area (TPSA) is 149 Å². The maximum absolute atomic E-state index is 13.2. The van der Waals surface area contributed by atoms with Gasteiger partial charge in [-0.05, 0) is 19.3 Å². The van der Waals surface area contributed by atoms with Gasteiger partial charge in [-0.15, -0.1) is 0 Å². The Morgan fingerprint density at radius 1 is 0.367 bits per heavy atom. The van der Waals surface area contributed by atoms with Crippen LogP contribution in [0.25, 0.3) is 0 Å². The lowest BCUT2D eigenvalue weighted by Gasteiger charge is -2.40. The van der Waals surface area contributed by atoms with Crippen LogP contribution < -0.4 is 5.32 Å². The van der Waals surface area contributed by atoms with Crippen molar-refractivity contribution in [2.75, 3.05) is 13.2 Å². The van der Waals surface area contributed by atoms with Gasteiger partial charge in [-0.3, -0.25) is 4.79 Å². The highest BCUT2D eigenvalue weighted by atomic mass is 16.7. The summed E-state index contributed by atoms with van der Waals surface area (Å²) in [5.74, 6) is -0.165. The molecule has 536 valence electrons. The van der Waals surface area contributed by atoms with Crippen LogP contribution in [0, 0.1) is 0 Å². The first-order valence-electron chi connectivity index (χ1n) is 40.9. The molecule has 0 spiro atoms. The average molecular weight is 1280 g/mol. The number of amides is 1. The number of hydrogen-bond acceptors (Lipinski definition) is 8. The van der Waals surface area contributed by atoms with Crippen molar-refractivity contribution in [3.8, 4) is 0 Å². The van der Waals surface area contributed by atoms with E-state index in [1.807, 2.05) is 6.08 Å². The second-order valence-electron chi connectivity index (χ2n) is 28.9. The number of aliphatic hydroxyl groups excluding tert-OH is 5. The van der Waals surface area contributed by atoms with E-state index in [1.54, 1.807) is 6.08 Å². The Balaban J connectivity index is 2.05. The third-order valence-electron chi connectivity index (χ3n) is 20.1. The van der Waals surface area contributed by atoms with Gasteiger partial charge >= 0.3 is 0 Å². The summed E-state index contributed by atoms with van der Waals surface area (Å²) >= 11 is 0. The molecule has 0 aromatic carbocycles. The predicted molar refractivity (Wildman–Crippen MR) is 387 cm³/mol. The van der Waals surface area contributed by atoms with Crippen LogP contribution in [0.2, 0.25) is 0 Å². The minimum Gasteiger partial charge on any atom is -0.394 e. The predicted octanol–water partition coefficient (Wildman–Crippen LogP) is 23.4. The fourth-order valence-corrected chi connectivity index (χ4v) is 13.8. The molecule has 0 bridgehead atoms. The van der Waals surface area contributed by atoms with E-state index in [9.17, 15) is 30.3 Å². The molecule has 0 aliphatic carbocycles. The summed E-state index contributed by atoms with van der Waals surface area (Å²) in [7, 11) is 0. The van der Waals surface area contributed by atoms with Crippen molar-refractivity contribution in [2.45, 2.75) is 487 Å². The Morgan fingerprint density at radius 2 is 0.611 bits per heavy atom. The van der Waals surface area contributed by atoms with Crippen LogP contribution in [-0.4, -0.2) is 87.5 Å². The highest BCUT2D eigenvalue weighted by Gasteiger charge is 2.44. The number of allylic oxidation sites excluding steroid dienone is 1. The molecule has 1 saturated heterocycles. The summed E-state index contributed by atoms with van der Waals surface area (Å²) in [4.78, 5) is 13.2. The SMILES string of the molecule is CCCCCCCCCCCCCCCCCCCCCCCCCCCCCCCC/C=C/C(O)C(COC1OC(CO)C(O)C(O)C1O)NC(=O)CCCCCCCCCCCCCCCCCCCCCCCCCCCCCCCCCCCCC. The van der Waals surface area contributed by atoms with Gasteiger partial charge in [-0.25, -0.2) is 0 Å². The van der Waals surface area contributed by atoms with Crippen LogP contribution in [0.4, 0.5) is 0 Å². The summed E-state index contributed by atoms with van der Waals surface area (Å²) in [5.41, 5.74) is 0. The highest BCUT2D eigenvalue weighted by Crippen LogP contribution is 2.24. The highest BCUT2D eigenvalue weighted by molar-refractivity contribution is 5.76. The Kier molecular flexibility index (Phi) is 68.3. The maximum Gasteiger partial charge on any atom is 0.220 e. The third kappa shape index (κ3) is 58.3. The molecule has 0 aromatic heterocycles. The number of carbonyl (C=O) groups is 1. The fourth-order valence-electron chi connectivity index (χ4n) is 13.8. The molecular formula is C81H159NO8. The van der Waals surface area contributed by atoms with Gasteiger partial charge in [-0.2, -0.15) is 0 Å². The van der Waals surface area contributed by atoms with Crippen LogP contribution in [-0.2, 0) is 14.3 Å². The Morgan fingerprint density at radius 3 is 0.867 bits per heavy atom. The second kappa shape index (κ2) is 70.7. The first-order chi connectivity index (χ1) is 44.3. The normalized spacial score (nSPS) is 17.7. The lowest BCUT2D eigenvalue weighted by molar-refractivity contribution is -0.302. The van der Waals surface area contributed by atoms with E-state index in [-0.39, 0.29) is 12.5 Å². The Labute approximate surface area is 560 Å². The number of unbranched alkanes of at least 4 members (excludes halogenated alkanes) is 64. The third-order valence-corrected chi connectivity index (χ3v) is 20.1. The first kappa shape index (κ1) is 86.9. The molecule has 7 unspecified atom stereocenters. The van der Waals surface area contributed by atoms with Gasteiger partial charge in [0.2, 0.25) is 5.91 Å². The van der Waals surface area contributed by atoms with Gasteiger partial charge in [0.05, 0.1) is 25.4 Å². The molecule has 9 nitrogen and oxygen atoms in total. The van der Waals surface area contributed by atoms with Crippen LogP contribution in [0.1, 0.15) is 444 Å². The molecule has 1 aliphatic rings. The second-order valence-corrected chi connectivity index (χ2v) is 28.9. The molecule has 1 aliphatic heterocycles. The number of nitrogens with one attached hydrogen (secondary N) is 1. The number of ether oxygens (including phenoxy) is 2. The van der Waals surface area contributed by atoms with Crippen molar-refractivity contribution in [1.82, 2.24) is 5.32 Å². The molecule has 9 heteroatoms. The van der Waals surface area contributed by atoms with Crippen molar-refractivity contribution in [3.63, 3.8) is 0 Å². The zero-order valence-electron chi connectivity index (χ0n) is 60.4. The number of rotatable bonds is 74. The van der Waals surface area contributed by atoms with Gasteiger partial charge in [0, 0.05) is 6.42 Å². The van der Waals surface area contributed by atoms with Gasteiger partial charge < -0.3 is 40.3 Å². The van der Waals surface area contributed by atoms with E-state index in [1.165, 1.54) is 385 Å². The van der Waals surface area contributed by atoms with Gasteiger partial charge in [-0.1, -0.05) is 431 Å². The van der Waals surface area contributed by atoms with Crippen LogP contribution in [0.15, 0.2) is 12.2 Å². The van der Waals surface area contributed by atoms with E-state index in [0.29, 0.717) is 6.42 Å². The van der Waals surface area contributed by atoms with E-state index < -0.39 is 49.5 Å². The monoisotopic (exact) mass is 1270 g/mol. The Bertz CT molecular complexity index is 1430. The molecule has 1 amide bonds. The van der Waals surface area contributed by atoms with Crippen molar-refractivity contribution < 1.29 is 39.8 Å². The molecule has 7 atom stereocenters. The minimum absolute atomic E-state index is 0.165. The summed E-state index contributed by atoms with van der Waals surface area (Å²) in [6.07, 6.45) is 86.6. The Hall–Kier alpha value is -1.07. The summed E-state index contributed by atoms with van der Waals surface area (Å²) in [6, 6.07) is -0.803. The molecule has 1 fully saturated rings. The zero-order valence-corrected chi connectivity index (χ0v) is 60.4. The van der Waals surface area contributed by atoms with Crippen molar-refractivity contribution in [2.24, 2.45) is 0 Å². The average Bonchev–Trinajstić information content (AvgIpc) is 1.28. The van der Waals surface area contributed by atoms with E-state index in [2.05, 4.69) is 19.2 Å². The first-order valence-corrected chi connectivity index (χ1v) is 40.9. The summed E-state index contributed by atoms with van der Waals surface area (Å²) < 4.78 is 11.4. The molecule has 90 heavy (non-hydrogen) atoms. The number of carbonyl (C=O) groups excluding carboxylic acids is 1. The quantitative estimate of drug-likeness (QED) is 0.0261. The number of aliphatic hydroxyl groups is 5. The van der Waals surface area contributed by atoms with Crippen LogP contribution in [0.5, 0.6) is 0 Å². The van der Waals surface area contributed by atoms with Crippen molar-refractivity contribution >= 4 is 5.91 Å².